The van der Waals surface area contributed by atoms with Crippen molar-refractivity contribution in [3.8, 4) is 0 Å². The molecule has 3 atom stereocenters. The Kier molecular flexibility index (Phi) is 4.18. The van der Waals surface area contributed by atoms with Crippen molar-refractivity contribution < 1.29 is 5.11 Å². The van der Waals surface area contributed by atoms with E-state index in [1.807, 2.05) is 0 Å². The summed E-state index contributed by atoms with van der Waals surface area (Å²) in [6.45, 7) is 5.42. The SMILES string of the molecule is CCCCN1C=C2NC(C34CC5CC(CC3C5)C4)N=C2N(CCCO)C1. The van der Waals surface area contributed by atoms with Gasteiger partial charge in [-0.05, 0) is 62.7 Å². The van der Waals surface area contributed by atoms with Crippen LogP contribution in [0, 0.1) is 23.2 Å². The monoisotopic (exact) mass is 358 g/mol. The van der Waals surface area contributed by atoms with Crippen molar-refractivity contribution in [3.05, 3.63) is 11.9 Å². The summed E-state index contributed by atoms with van der Waals surface area (Å²) in [4.78, 5) is 10.1. The molecule has 3 unspecified atom stereocenters. The molecule has 0 amide bonds. The predicted molar refractivity (Wildman–Crippen MR) is 103 cm³/mol. The molecule has 4 fully saturated rings. The average molecular weight is 359 g/mol. The van der Waals surface area contributed by atoms with E-state index >= 15 is 0 Å². The molecular formula is C21H34N4O. The Morgan fingerprint density at radius 1 is 1.19 bits per heavy atom. The third-order valence-corrected chi connectivity index (χ3v) is 7.73. The zero-order valence-corrected chi connectivity index (χ0v) is 16.2. The van der Waals surface area contributed by atoms with Crippen molar-refractivity contribution >= 4 is 5.84 Å². The molecule has 0 aromatic heterocycles. The molecule has 0 saturated heterocycles. The summed E-state index contributed by atoms with van der Waals surface area (Å²) in [5, 5.41) is 13.2. The molecule has 6 rings (SSSR count). The van der Waals surface area contributed by atoms with Gasteiger partial charge in [-0.25, -0.2) is 4.99 Å². The molecule has 2 N–H and O–H groups in total. The zero-order chi connectivity index (χ0) is 17.7. The standard InChI is InChI=1S/C21H34N4O/c1-2-3-5-24-13-18-19(25(14-24)6-4-7-26)23-20(22-18)21-11-15-8-16(12-21)10-17(21)9-15/h13,15-17,20,22,26H,2-12,14H2,1H3. The molecule has 2 aliphatic heterocycles. The number of nitrogens with one attached hydrogen (secondary N) is 1. The normalized spacial score (nSPS) is 39.9. The van der Waals surface area contributed by atoms with Crippen LogP contribution in [0.25, 0.3) is 0 Å². The highest BCUT2D eigenvalue weighted by molar-refractivity contribution is 6.00. The third-order valence-electron chi connectivity index (χ3n) is 7.73. The minimum Gasteiger partial charge on any atom is -0.396 e. The fraction of sp³-hybridized carbons (Fsp3) is 0.857. The Balaban J connectivity index is 1.40. The number of unbranched alkanes of at least 4 members (excludes halogenated alkanes) is 1. The third kappa shape index (κ3) is 2.57. The van der Waals surface area contributed by atoms with Crippen LogP contribution in [0.3, 0.4) is 0 Å². The molecule has 144 valence electrons. The van der Waals surface area contributed by atoms with Crippen molar-refractivity contribution in [1.29, 1.82) is 0 Å². The fourth-order valence-electron chi connectivity index (χ4n) is 6.81. The van der Waals surface area contributed by atoms with Crippen LogP contribution in [0.5, 0.6) is 0 Å². The van der Waals surface area contributed by atoms with Gasteiger partial charge >= 0.3 is 0 Å². The van der Waals surface area contributed by atoms with Crippen molar-refractivity contribution in [3.63, 3.8) is 0 Å². The molecule has 0 radical (unpaired) electrons. The van der Waals surface area contributed by atoms with Gasteiger partial charge in [-0.1, -0.05) is 13.3 Å². The lowest BCUT2D eigenvalue weighted by atomic mass is 9.73. The highest BCUT2D eigenvalue weighted by Crippen LogP contribution is 2.67. The summed E-state index contributed by atoms with van der Waals surface area (Å²) >= 11 is 0. The van der Waals surface area contributed by atoms with Crippen molar-refractivity contribution in [1.82, 2.24) is 15.1 Å². The summed E-state index contributed by atoms with van der Waals surface area (Å²) in [6.07, 6.45) is 13.0. The summed E-state index contributed by atoms with van der Waals surface area (Å²) in [6, 6.07) is 0. The van der Waals surface area contributed by atoms with E-state index in [0.29, 0.717) is 5.41 Å². The lowest BCUT2D eigenvalue weighted by Gasteiger charge is -2.37. The first-order valence-corrected chi connectivity index (χ1v) is 10.9. The van der Waals surface area contributed by atoms with Gasteiger partial charge in [-0.15, -0.1) is 0 Å². The Morgan fingerprint density at radius 2 is 2.00 bits per heavy atom. The van der Waals surface area contributed by atoms with E-state index in [9.17, 15) is 5.11 Å². The van der Waals surface area contributed by atoms with E-state index in [4.69, 9.17) is 4.99 Å². The molecule has 0 spiro atoms. The van der Waals surface area contributed by atoms with Gasteiger partial charge in [0.1, 0.15) is 6.17 Å². The minimum atomic E-state index is 0.254. The first kappa shape index (κ1) is 16.9. The van der Waals surface area contributed by atoms with Gasteiger partial charge < -0.3 is 20.2 Å². The molecule has 5 nitrogen and oxygen atoms in total. The minimum absolute atomic E-state index is 0.254. The first-order valence-electron chi connectivity index (χ1n) is 10.9. The van der Waals surface area contributed by atoms with E-state index in [1.54, 1.807) is 0 Å². The van der Waals surface area contributed by atoms with E-state index < -0.39 is 0 Å². The number of rotatable bonds is 7. The lowest BCUT2D eigenvalue weighted by molar-refractivity contribution is 0.148. The van der Waals surface area contributed by atoms with Crippen molar-refractivity contribution in [2.24, 2.45) is 28.2 Å². The van der Waals surface area contributed by atoms with Crippen LogP contribution >= 0.6 is 0 Å². The van der Waals surface area contributed by atoms with Crippen LogP contribution in [-0.4, -0.2) is 53.3 Å². The van der Waals surface area contributed by atoms with Gasteiger partial charge in [-0.3, -0.25) is 0 Å². The Hall–Kier alpha value is -1.23. The van der Waals surface area contributed by atoms with Gasteiger partial charge in [-0.2, -0.15) is 0 Å². The van der Waals surface area contributed by atoms with Gasteiger partial charge in [0.05, 0.1) is 12.4 Å². The summed E-state index contributed by atoms with van der Waals surface area (Å²) in [7, 11) is 0. The van der Waals surface area contributed by atoms with Crippen LogP contribution in [0.4, 0.5) is 0 Å². The van der Waals surface area contributed by atoms with E-state index in [0.717, 1.165) is 49.8 Å². The number of aliphatic hydroxyl groups is 1. The van der Waals surface area contributed by atoms with Crippen LogP contribution in [0.2, 0.25) is 0 Å². The first-order chi connectivity index (χ1) is 12.7. The van der Waals surface area contributed by atoms with E-state index in [2.05, 4.69) is 28.2 Å². The number of fused-ring (bicyclic) bond motifs is 1. The Morgan fingerprint density at radius 3 is 2.73 bits per heavy atom. The second kappa shape index (κ2) is 6.43. The topological polar surface area (TPSA) is 51.1 Å². The zero-order valence-electron chi connectivity index (χ0n) is 16.2. The molecule has 5 heteroatoms. The number of nitrogens with zero attached hydrogens (tertiary/aromatic N) is 3. The maximum absolute atomic E-state index is 9.32. The van der Waals surface area contributed by atoms with Gasteiger partial charge in [0, 0.05) is 31.3 Å². The molecule has 4 aliphatic carbocycles. The molecule has 0 aromatic rings. The molecular weight excluding hydrogens is 324 g/mol. The number of aliphatic imine (C=N–C) groups is 1. The Bertz CT molecular complexity index is 601. The largest absolute Gasteiger partial charge is 0.396 e. The summed E-state index contributed by atoms with van der Waals surface area (Å²) in [5.41, 5.74) is 1.66. The van der Waals surface area contributed by atoms with Gasteiger partial charge in [0.25, 0.3) is 0 Å². The van der Waals surface area contributed by atoms with E-state index in [-0.39, 0.29) is 12.8 Å². The van der Waals surface area contributed by atoms with Crippen LogP contribution in [0.15, 0.2) is 16.9 Å². The number of hydrogen-bond donors (Lipinski definition) is 2. The maximum atomic E-state index is 9.32. The van der Waals surface area contributed by atoms with Gasteiger partial charge in [0.15, 0.2) is 5.84 Å². The molecule has 26 heavy (non-hydrogen) atoms. The maximum Gasteiger partial charge on any atom is 0.152 e. The van der Waals surface area contributed by atoms with Crippen LogP contribution in [0.1, 0.15) is 58.3 Å². The van der Waals surface area contributed by atoms with Gasteiger partial charge in [0.2, 0.25) is 0 Å². The smallest absolute Gasteiger partial charge is 0.152 e. The highest BCUT2D eigenvalue weighted by Gasteiger charge is 2.62. The fourth-order valence-corrected chi connectivity index (χ4v) is 6.81. The summed E-state index contributed by atoms with van der Waals surface area (Å²) in [5.74, 6) is 4.00. The highest BCUT2D eigenvalue weighted by atomic mass is 16.3. The quantitative estimate of drug-likeness (QED) is 0.735. The van der Waals surface area contributed by atoms with Crippen molar-refractivity contribution in [2.45, 2.75) is 64.5 Å². The lowest BCUT2D eigenvalue weighted by Crippen LogP contribution is -2.46. The average Bonchev–Trinajstić information content (AvgIpc) is 3.25. The molecule has 4 saturated carbocycles. The van der Waals surface area contributed by atoms with E-state index in [1.165, 1.54) is 50.6 Å². The van der Waals surface area contributed by atoms with Crippen LogP contribution < -0.4 is 5.32 Å². The molecule has 0 aromatic carbocycles. The molecule has 2 heterocycles. The molecule has 6 aliphatic rings. The predicted octanol–water partition coefficient (Wildman–Crippen LogP) is 2.74. The number of hydrogen-bond acceptors (Lipinski definition) is 5. The Labute approximate surface area is 157 Å². The van der Waals surface area contributed by atoms with Crippen LogP contribution in [-0.2, 0) is 0 Å². The second-order valence-corrected chi connectivity index (χ2v) is 9.47. The molecule has 4 bridgehead atoms. The second-order valence-electron chi connectivity index (χ2n) is 9.47. The van der Waals surface area contributed by atoms with Crippen molar-refractivity contribution in [2.75, 3.05) is 26.4 Å². The number of amidine groups is 1. The number of aliphatic hydroxyl groups excluding tert-OH is 1. The summed E-state index contributed by atoms with van der Waals surface area (Å²) < 4.78 is 0.